The summed E-state index contributed by atoms with van der Waals surface area (Å²) in [7, 11) is 0. The van der Waals surface area contributed by atoms with Crippen molar-refractivity contribution in [3.05, 3.63) is 65.4 Å². The Hall–Kier alpha value is -0.917. The number of nitrogens with zero attached hydrogens (tertiary/aromatic N) is 2. The van der Waals surface area contributed by atoms with Crippen molar-refractivity contribution in [2.45, 2.75) is 13.0 Å². The van der Waals surface area contributed by atoms with Crippen molar-refractivity contribution in [2.24, 2.45) is 0 Å². The third-order valence-corrected chi connectivity index (χ3v) is 2.45. The Morgan fingerprint density at radius 1 is 1.11 bits per heavy atom. The molecule has 6 heteroatoms. The third-order valence-electron chi connectivity index (χ3n) is 2.45. The molecule has 1 N–H and O–H groups in total. The van der Waals surface area contributed by atoms with Crippen molar-refractivity contribution >= 4 is 5.71 Å². The summed E-state index contributed by atoms with van der Waals surface area (Å²) in [6.45, 7) is 0.808. The Kier molecular flexibility index (Phi) is 11.8. The van der Waals surface area contributed by atoms with Gasteiger partial charge in [0.2, 0.25) is 0 Å². The van der Waals surface area contributed by atoms with Crippen molar-refractivity contribution in [3.8, 4) is 0 Å². The van der Waals surface area contributed by atoms with Crippen LogP contribution in [0.2, 0.25) is 0 Å². The van der Waals surface area contributed by atoms with Crippen LogP contribution in [0.25, 0.3) is 5.53 Å². The van der Waals surface area contributed by atoms with Crippen LogP contribution in [-0.2, 0) is 26.0 Å². The molecular weight excluding hydrogens is 334 g/mol. The zero-order valence-corrected chi connectivity index (χ0v) is 14.9. The maximum absolute atomic E-state index is 8.57. The second kappa shape index (κ2) is 11.0. The van der Waals surface area contributed by atoms with Crippen LogP contribution in [0.15, 0.2) is 54.3 Å². The molecule has 0 fully saturated rings. The Balaban J connectivity index is 0. The summed E-state index contributed by atoms with van der Waals surface area (Å²) in [6, 6.07) is 10.2. The summed E-state index contributed by atoms with van der Waals surface area (Å²) in [5.41, 5.74) is 11.6. The molecule has 1 aromatic carbocycles. The van der Waals surface area contributed by atoms with Gasteiger partial charge in [0.05, 0.1) is 6.42 Å². The van der Waals surface area contributed by atoms with Gasteiger partial charge >= 0.3 is 19.5 Å². The minimum absolute atomic E-state index is 0. The molecule has 1 aliphatic rings. The smallest absolute Gasteiger partial charge is 1.00 e. The predicted molar refractivity (Wildman–Crippen MR) is 63.7 cm³/mol. The summed E-state index contributed by atoms with van der Waals surface area (Å²) in [5, 5.41) is 3.32. The second-order valence-corrected chi connectivity index (χ2v) is 3.63. The number of rotatable bonds is 3. The second-order valence-electron chi connectivity index (χ2n) is 3.63. The monoisotopic (exact) mass is 345 g/mol. The van der Waals surface area contributed by atoms with Gasteiger partial charge in [0.1, 0.15) is 0 Å². The number of hydrogen-bond donors (Lipinski definition) is 1. The number of hydrogen-bond acceptors (Lipinski definition) is 1. The summed E-state index contributed by atoms with van der Waals surface area (Å²) < 4.78 is 0. The molecule has 1 aromatic rings. The van der Waals surface area contributed by atoms with Crippen molar-refractivity contribution in [2.75, 3.05) is 0 Å². The quantitative estimate of drug-likeness (QED) is 0.341. The van der Waals surface area contributed by atoms with E-state index in [-0.39, 0.29) is 44.3 Å². The number of benzene rings is 1. The van der Waals surface area contributed by atoms with Crippen LogP contribution in [0, 0.1) is 0 Å². The van der Waals surface area contributed by atoms with E-state index in [0.29, 0.717) is 12.1 Å². The molecule has 0 amide bonds. The van der Waals surface area contributed by atoms with Gasteiger partial charge in [-0.15, -0.1) is 0 Å². The van der Waals surface area contributed by atoms with Crippen LogP contribution in [0.1, 0.15) is 12.0 Å². The first-order chi connectivity index (χ1) is 7.88. The van der Waals surface area contributed by atoms with Gasteiger partial charge in [0, 0.05) is 18.3 Å². The van der Waals surface area contributed by atoms with Crippen LogP contribution in [0.4, 0.5) is 0 Å². The minimum Gasteiger partial charge on any atom is -1.00 e. The topological polar surface area (TPSA) is 48.4 Å². The number of halogens is 2. The van der Waals surface area contributed by atoms with Crippen LogP contribution >= 0.6 is 0 Å². The average molecular weight is 348 g/mol. The van der Waals surface area contributed by atoms with Gasteiger partial charge < -0.3 is 35.7 Å². The molecule has 0 aromatic heterocycles. The molecular formula is C13H13Cl2N3Zn. The van der Waals surface area contributed by atoms with E-state index in [2.05, 4.69) is 22.2 Å². The fraction of sp³-hybridized carbons (Fsp3) is 0.154. The maximum Gasteiger partial charge on any atom is 2.00 e. The molecule has 0 saturated carbocycles. The molecule has 96 valence electrons. The van der Waals surface area contributed by atoms with Crippen molar-refractivity contribution < 1.29 is 49.1 Å². The van der Waals surface area contributed by atoms with Gasteiger partial charge in [-0.05, 0) is 17.7 Å². The summed E-state index contributed by atoms with van der Waals surface area (Å²) in [4.78, 5) is 3.16. The van der Waals surface area contributed by atoms with Crippen molar-refractivity contribution in [3.63, 3.8) is 0 Å². The molecule has 0 bridgehead atoms. The Bertz CT molecular complexity index is 480. The molecule has 1 aliphatic carbocycles. The standard InChI is InChI=1S/C13H13N3.2ClH.Zn/c14-16-13-8-6-12(7-9-13)15-10-11-4-2-1-3-5-11;;;/h1-8,15H,9-10H2;2*1H;/q;;;+2/p-2. The van der Waals surface area contributed by atoms with E-state index < -0.39 is 0 Å². The molecule has 3 nitrogen and oxygen atoms in total. The van der Waals surface area contributed by atoms with Crippen molar-refractivity contribution in [1.29, 1.82) is 0 Å². The van der Waals surface area contributed by atoms with E-state index in [1.165, 1.54) is 5.56 Å². The van der Waals surface area contributed by atoms with Crippen LogP contribution in [0.5, 0.6) is 0 Å². The Labute approximate surface area is 138 Å². The van der Waals surface area contributed by atoms with Gasteiger partial charge in [-0.1, -0.05) is 30.3 Å². The third kappa shape index (κ3) is 6.70. The van der Waals surface area contributed by atoms with Crippen LogP contribution < -0.4 is 30.1 Å². The first kappa shape index (κ1) is 20.4. The molecule has 0 saturated heterocycles. The van der Waals surface area contributed by atoms with Gasteiger partial charge in [-0.25, -0.2) is 0 Å². The van der Waals surface area contributed by atoms with Gasteiger partial charge in [-0.3, -0.25) is 0 Å². The molecule has 0 atom stereocenters. The van der Waals surface area contributed by atoms with Gasteiger partial charge in [-0.2, -0.15) is 4.79 Å². The first-order valence-electron chi connectivity index (χ1n) is 5.25. The molecule has 0 unspecified atom stereocenters. The van der Waals surface area contributed by atoms with E-state index in [1.807, 2.05) is 36.4 Å². The van der Waals surface area contributed by atoms with E-state index in [0.717, 1.165) is 12.2 Å². The minimum atomic E-state index is 0. The largest absolute Gasteiger partial charge is 2.00 e. The molecule has 0 spiro atoms. The zero-order valence-electron chi connectivity index (χ0n) is 10.4. The Morgan fingerprint density at radius 2 is 1.79 bits per heavy atom. The molecule has 0 heterocycles. The molecule has 0 aliphatic heterocycles. The van der Waals surface area contributed by atoms with E-state index in [4.69, 9.17) is 5.53 Å². The first-order valence-corrected chi connectivity index (χ1v) is 5.25. The van der Waals surface area contributed by atoms with Crippen LogP contribution in [-0.4, -0.2) is 10.5 Å². The number of nitrogens with one attached hydrogen (secondary N) is 1. The molecule has 0 radical (unpaired) electrons. The average Bonchev–Trinajstić information content (AvgIpc) is 2.38. The number of allylic oxidation sites excluding steroid dienone is 3. The SMILES string of the molecule is [Cl-].[Cl-].[N-]=[N+]=C1C=CC(NCc2ccccc2)=CC1.[Zn+2]. The van der Waals surface area contributed by atoms with Gasteiger partial charge in [0.15, 0.2) is 0 Å². The van der Waals surface area contributed by atoms with Gasteiger partial charge in [0.25, 0.3) is 5.71 Å². The fourth-order valence-corrected chi connectivity index (χ4v) is 1.54. The fourth-order valence-electron chi connectivity index (χ4n) is 1.54. The Morgan fingerprint density at radius 3 is 2.32 bits per heavy atom. The van der Waals surface area contributed by atoms with E-state index in [9.17, 15) is 0 Å². The van der Waals surface area contributed by atoms with Crippen LogP contribution in [0.3, 0.4) is 0 Å². The summed E-state index contributed by atoms with van der Waals surface area (Å²) in [5.74, 6) is 0. The summed E-state index contributed by atoms with van der Waals surface area (Å²) >= 11 is 0. The zero-order chi connectivity index (χ0) is 11.2. The van der Waals surface area contributed by atoms with Crippen molar-refractivity contribution in [1.82, 2.24) is 5.32 Å². The maximum atomic E-state index is 8.57. The van der Waals surface area contributed by atoms with E-state index in [1.54, 1.807) is 0 Å². The molecule has 19 heavy (non-hydrogen) atoms. The summed E-state index contributed by atoms with van der Waals surface area (Å²) in [6.07, 6.45) is 6.41. The molecule has 2 rings (SSSR count). The van der Waals surface area contributed by atoms with E-state index >= 15 is 0 Å². The predicted octanol–water partition coefficient (Wildman–Crippen LogP) is -3.70. The normalized spacial score (nSPS) is 12.0.